The molecular weight excluding hydrogens is 527 g/mol. The Hall–Kier alpha value is -1.96. The van der Waals surface area contributed by atoms with Gasteiger partial charge in [0.15, 0.2) is 0 Å². The zero-order chi connectivity index (χ0) is 24.6. The van der Waals surface area contributed by atoms with E-state index in [1.165, 1.54) is 79.9 Å². The first-order chi connectivity index (χ1) is 17.2. The zero-order valence-corrected chi connectivity index (χ0v) is 24.0. The van der Waals surface area contributed by atoms with Gasteiger partial charge in [0.05, 0.1) is 6.16 Å². The van der Waals surface area contributed by atoms with Gasteiger partial charge in [-0.3, -0.25) is 4.79 Å². The number of hydrogen-bond donors (Lipinski definition) is 1. The van der Waals surface area contributed by atoms with Gasteiger partial charge in [0.2, 0.25) is 0 Å². The number of rotatable bonds is 17. The predicted molar refractivity (Wildman–Crippen MR) is 153 cm³/mol. The van der Waals surface area contributed by atoms with E-state index in [9.17, 15) is 4.79 Å². The summed E-state index contributed by atoms with van der Waals surface area (Å²) in [5, 5.41) is 13.2. The third kappa shape index (κ3) is 9.49. The van der Waals surface area contributed by atoms with Gasteiger partial charge in [0.1, 0.15) is 23.2 Å². The van der Waals surface area contributed by atoms with E-state index in [1.807, 2.05) is 0 Å². The highest BCUT2D eigenvalue weighted by atomic mass is 79.9. The average molecular weight is 570 g/mol. The molecule has 0 saturated carbocycles. The van der Waals surface area contributed by atoms with E-state index in [0.29, 0.717) is 6.42 Å². The molecular formula is C32H42BrO2P. The fraction of sp³-hybridized carbons (Fsp3) is 0.406. The summed E-state index contributed by atoms with van der Waals surface area (Å²) < 4.78 is 0. The van der Waals surface area contributed by atoms with E-state index >= 15 is 0 Å². The van der Waals surface area contributed by atoms with Crippen LogP contribution in [0.2, 0.25) is 0 Å². The summed E-state index contributed by atoms with van der Waals surface area (Å²) in [5.74, 6) is -0.666. The van der Waals surface area contributed by atoms with E-state index in [2.05, 4.69) is 91.0 Å². The van der Waals surface area contributed by atoms with E-state index in [0.717, 1.165) is 12.8 Å². The second-order valence-corrected chi connectivity index (χ2v) is 13.2. The number of carboxylic acids is 1. The maximum absolute atomic E-state index is 10.6. The normalized spacial score (nSPS) is 11.1. The zero-order valence-electron chi connectivity index (χ0n) is 21.5. The Morgan fingerprint density at radius 3 is 1.14 bits per heavy atom. The van der Waals surface area contributed by atoms with Crippen LogP contribution in [-0.2, 0) is 4.79 Å². The number of aliphatic carboxylic acids is 1. The molecule has 0 aliphatic rings. The second-order valence-electron chi connectivity index (χ2n) is 9.57. The minimum absolute atomic E-state index is 0. The van der Waals surface area contributed by atoms with Gasteiger partial charge in [-0.25, -0.2) is 0 Å². The van der Waals surface area contributed by atoms with Gasteiger partial charge < -0.3 is 22.1 Å². The molecule has 4 heteroatoms. The largest absolute Gasteiger partial charge is 1.00 e. The molecule has 36 heavy (non-hydrogen) atoms. The molecule has 0 atom stereocenters. The van der Waals surface area contributed by atoms with Crippen molar-refractivity contribution in [1.82, 2.24) is 0 Å². The molecule has 0 bridgehead atoms. The predicted octanol–water partition coefficient (Wildman–Crippen LogP) is 4.75. The molecule has 0 spiro atoms. The fourth-order valence-electron chi connectivity index (χ4n) is 5.10. The molecule has 0 aliphatic heterocycles. The third-order valence-corrected chi connectivity index (χ3v) is 11.5. The summed E-state index contributed by atoms with van der Waals surface area (Å²) in [6, 6.07) is 33.6. The minimum atomic E-state index is -1.68. The maximum atomic E-state index is 10.6. The van der Waals surface area contributed by atoms with Gasteiger partial charge in [-0.2, -0.15) is 0 Å². The highest BCUT2D eigenvalue weighted by Crippen LogP contribution is 2.55. The summed E-state index contributed by atoms with van der Waals surface area (Å²) in [5.41, 5.74) is 0. The Balaban J connectivity index is 0.00000456. The van der Waals surface area contributed by atoms with Crippen molar-refractivity contribution in [1.29, 1.82) is 0 Å². The van der Waals surface area contributed by atoms with Gasteiger partial charge in [-0.15, -0.1) is 0 Å². The maximum Gasteiger partial charge on any atom is 0.303 e. The second kappa shape index (κ2) is 17.5. The van der Waals surface area contributed by atoms with Gasteiger partial charge in [-0.1, -0.05) is 106 Å². The fourth-order valence-corrected chi connectivity index (χ4v) is 9.51. The molecule has 3 rings (SSSR count). The first kappa shape index (κ1) is 30.3. The summed E-state index contributed by atoms with van der Waals surface area (Å²) in [6.45, 7) is 0. The van der Waals surface area contributed by atoms with Crippen molar-refractivity contribution in [2.75, 3.05) is 6.16 Å². The van der Waals surface area contributed by atoms with Crippen LogP contribution in [0.15, 0.2) is 91.0 Å². The molecule has 1 N–H and O–H groups in total. The first-order valence-electron chi connectivity index (χ1n) is 13.5. The molecule has 0 radical (unpaired) electrons. The number of benzene rings is 3. The number of carboxylic acid groups (broad SMARTS) is 1. The topological polar surface area (TPSA) is 37.3 Å². The van der Waals surface area contributed by atoms with Crippen molar-refractivity contribution in [3.05, 3.63) is 91.0 Å². The SMILES string of the molecule is O=C(O)CCCCCCCCCCCCC[P+](c1ccccc1)(c1ccccc1)c1ccccc1.[Br-]. The Labute approximate surface area is 229 Å². The van der Waals surface area contributed by atoms with Crippen molar-refractivity contribution in [2.24, 2.45) is 0 Å². The van der Waals surface area contributed by atoms with Crippen molar-refractivity contribution in [2.45, 2.75) is 77.0 Å². The lowest BCUT2D eigenvalue weighted by Gasteiger charge is -2.27. The lowest BCUT2D eigenvalue weighted by Crippen LogP contribution is -3.00. The van der Waals surface area contributed by atoms with Crippen LogP contribution < -0.4 is 32.9 Å². The Bertz CT molecular complexity index is 867. The van der Waals surface area contributed by atoms with Gasteiger partial charge in [0, 0.05) is 6.42 Å². The van der Waals surface area contributed by atoms with E-state index < -0.39 is 13.2 Å². The Kier molecular flexibility index (Phi) is 14.7. The summed E-state index contributed by atoms with van der Waals surface area (Å²) in [4.78, 5) is 10.6. The molecule has 0 amide bonds. The highest BCUT2D eigenvalue weighted by Gasteiger charge is 2.44. The molecule has 0 unspecified atom stereocenters. The van der Waals surface area contributed by atoms with Crippen LogP contribution >= 0.6 is 7.26 Å². The van der Waals surface area contributed by atoms with Crippen LogP contribution in [0.1, 0.15) is 77.0 Å². The molecule has 0 aromatic heterocycles. The molecule has 194 valence electrons. The van der Waals surface area contributed by atoms with Gasteiger partial charge in [-0.05, 0) is 55.7 Å². The number of hydrogen-bond acceptors (Lipinski definition) is 1. The van der Waals surface area contributed by atoms with Crippen LogP contribution in [0.3, 0.4) is 0 Å². The smallest absolute Gasteiger partial charge is 0.303 e. The summed E-state index contributed by atoms with van der Waals surface area (Å²) >= 11 is 0. The molecule has 3 aromatic rings. The van der Waals surface area contributed by atoms with Crippen LogP contribution in [0.5, 0.6) is 0 Å². The van der Waals surface area contributed by atoms with Gasteiger partial charge >= 0.3 is 5.97 Å². The van der Waals surface area contributed by atoms with Crippen molar-refractivity contribution < 1.29 is 26.9 Å². The van der Waals surface area contributed by atoms with Crippen LogP contribution in [0, 0.1) is 0 Å². The Morgan fingerprint density at radius 2 is 0.806 bits per heavy atom. The molecule has 3 aromatic carbocycles. The summed E-state index contributed by atoms with van der Waals surface area (Å²) in [6.07, 6.45) is 15.0. The van der Waals surface area contributed by atoms with Crippen molar-refractivity contribution >= 4 is 29.1 Å². The minimum Gasteiger partial charge on any atom is -1.00 e. The van der Waals surface area contributed by atoms with Crippen LogP contribution in [0.25, 0.3) is 0 Å². The highest BCUT2D eigenvalue weighted by molar-refractivity contribution is 7.95. The standard InChI is InChI=1S/C32H41O2P.BrH/c33-32(34)27-19-8-6-4-2-1-3-5-7-9-20-28-35(29-21-13-10-14-22-29,30-23-15-11-16-24-30)31-25-17-12-18-26-31;/h10-18,21-26H,1-9,19-20,27-28H2;1H. The van der Waals surface area contributed by atoms with Crippen LogP contribution in [0.4, 0.5) is 0 Å². The van der Waals surface area contributed by atoms with Crippen LogP contribution in [-0.4, -0.2) is 17.2 Å². The lowest BCUT2D eigenvalue weighted by molar-refractivity contribution is -0.137. The number of halogens is 1. The van der Waals surface area contributed by atoms with E-state index in [-0.39, 0.29) is 17.0 Å². The van der Waals surface area contributed by atoms with E-state index in [4.69, 9.17) is 5.11 Å². The summed E-state index contributed by atoms with van der Waals surface area (Å²) in [7, 11) is -1.68. The third-order valence-electron chi connectivity index (χ3n) is 6.98. The quantitative estimate of drug-likeness (QED) is 0.188. The lowest BCUT2D eigenvalue weighted by atomic mass is 10.1. The van der Waals surface area contributed by atoms with Crippen molar-refractivity contribution in [3.8, 4) is 0 Å². The molecule has 0 aliphatic carbocycles. The molecule has 0 saturated heterocycles. The molecule has 0 heterocycles. The number of unbranched alkanes of at least 4 members (excludes halogenated alkanes) is 10. The number of carbonyl (C=O) groups is 1. The Morgan fingerprint density at radius 1 is 0.500 bits per heavy atom. The van der Waals surface area contributed by atoms with Crippen molar-refractivity contribution in [3.63, 3.8) is 0 Å². The molecule has 2 nitrogen and oxygen atoms in total. The average Bonchev–Trinajstić information content (AvgIpc) is 2.90. The monoisotopic (exact) mass is 568 g/mol. The van der Waals surface area contributed by atoms with Gasteiger partial charge in [0.25, 0.3) is 0 Å². The molecule has 0 fully saturated rings. The van der Waals surface area contributed by atoms with E-state index in [1.54, 1.807) is 0 Å². The first-order valence-corrected chi connectivity index (χ1v) is 15.5.